The molecule has 8 heteroatoms. The highest BCUT2D eigenvalue weighted by atomic mass is 16.6. The zero-order valence-electron chi connectivity index (χ0n) is 12.5. The maximum atomic E-state index is 11.1. The minimum atomic E-state index is -0.684. The molecule has 8 nitrogen and oxygen atoms in total. The van der Waals surface area contributed by atoms with E-state index in [9.17, 15) is 4.79 Å². The third-order valence-corrected chi connectivity index (χ3v) is 3.58. The van der Waals surface area contributed by atoms with E-state index in [0.717, 1.165) is 11.3 Å². The molecule has 1 aliphatic rings. The van der Waals surface area contributed by atoms with E-state index in [1.165, 1.54) is 0 Å². The van der Waals surface area contributed by atoms with Gasteiger partial charge >= 0.3 is 0 Å². The van der Waals surface area contributed by atoms with Gasteiger partial charge in [0.05, 0.1) is 5.71 Å². The molecular formula is C15H16N6O2. The first kappa shape index (κ1) is 14.8. The molecule has 23 heavy (non-hydrogen) atoms. The van der Waals surface area contributed by atoms with E-state index in [4.69, 9.17) is 16.3 Å². The van der Waals surface area contributed by atoms with Crippen molar-refractivity contribution in [3.05, 3.63) is 42.1 Å². The molecule has 118 valence electrons. The van der Waals surface area contributed by atoms with Gasteiger partial charge < -0.3 is 21.2 Å². The number of nitrogens with two attached hydrogens (primary N) is 2. The Labute approximate surface area is 132 Å². The summed E-state index contributed by atoms with van der Waals surface area (Å²) in [5.74, 6) is 0.406. The second kappa shape index (κ2) is 5.91. The van der Waals surface area contributed by atoms with Crippen molar-refractivity contribution in [3.63, 3.8) is 0 Å². The summed E-state index contributed by atoms with van der Waals surface area (Å²) in [4.78, 5) is 26.1. The molecule has 1 amide bonds. The van der Waals surface area contributed by atoms with Crippen molar-refractivity contribution in [2.24, 2.45) is 10.9 Å². The number of rotatable bonds is 4. The fourth-order valence-corrected chi connectivity index (χ4v) is 2.26. The Hall–Kier alpha value is -3.16. The first-order chi connectivity index (χ1) is 11.0. The lowest BCUT2D eigenvalue weighted by Gasteiger charge is -2.18. The van der Waals surface area contributed by atoms with Gasteiger partial charge in [0.25, 0.3) is 5.91 Å². The maximum Gasteiger partial charge on any atom is 0.261 e. The second-order valence-corrected chi connectivity index (χ2v) is 5.12. The van der Waals surface area contributed by atoms with Crippen LogP contribution in [0.25, 0.3) is 0 Å². The summed E-state index contributed by atoms with van der Waals surface area (Å²) in [5.41, 5.74) is 13.3. The van der Waals surface area contributed by atoms with Crippen molar-refractivity contribution in [2.75, 3.05) is 17.7 Å². The largest absolute Gasteiger partial charge is 0.382 e. The Morgan fingerprint density at radius 1 is 1.30 bits per heavy atom. The molecule has 2 aromatic rings. The second-order valence-electron chi connectivity index (χ2n) is 5.12. The summed E-state index contributed by atoms with van der Waals surface area (Å²) in [7, 11) is 1.89. The smallest absolute Gasteiger partial charge is 0.261 e. The van der Waals surface area contributed by atoms with Crippen molar-refractivity contribution in [1.29, 1.82) is 0 Å². The summed E-state index contributed by atoms with van der Waals surface area (Å²) >= 11 is 0. The van der Waals surface area contributed by atoms with E-state index in [1.54, 1.807) is 12.3 Å². The van der Waals surface area contributed by atoms with Crippen LogP contribution < -0.4 is 16.4 Å². The first-order valence-electron chi connectivity index (χ1n) is 6.99. The van der Waals surface area contributed by atoms with E-state index in [-0.39, 0.29) is 5.95 Å². The Bertz CT molecular complexity index is 759. The number of aromatic nitrogens is 2. The number of nitrogen functional groups attached to an aromatic ring is 1. The maximum absolute atomic E-state index is 11.1. The van der Waals surface area contributed by atoms with E-state index >= 15 is 0 Å². The topological polar surface area (TPSA) is 120 Å². The van der Waals surface area contributed by atoms with Crippen molar-refractivity contribution < 1.29 is 9.63 Å². The number of carbonyl (C=O) groups excluding carboxylic acids is 1. The van der Waals surface area contributed by atoms with Crippen LogP contribution in [0.4, 0.5) is 17.5 Å². The zero-order valence-corrected chi connectivity index (χ0v) is 12.5. The quantitative estimate of drug-likeness (QED) is 0.862. The number of nitrogens with zero attached hydrogens (tertiary/aromatic N) is 4. The van der Waals surface area contributed by atoms with Crippen molar-refractivity contribution in [3.8, 4) is 0 Å². The molecule has 1 aliphatic heterocycles. The van der Waals surface area contributed by atoms with E-state index < -0.39 is 12.0 Å². The third-order valence-electron chi connectivity index (χ3n) is 3.58. The number of hydrogen-bond donors (Lipinski definition) is 2. The molecule has 0 bridgehead atoms. The molecule has 0 fully saturated rings. The molecule has 0 spiro atoms. The van der Waals surface area contributed by atoms with Crippen molar-refractivity contribution >= 4 is 29.1 Å². The molecule has 3 rings (SSSR count). The van der Waals surface area contributed by atoms with Gasteiger partial charge in [-0.1, -0.05) is 17.3 Å². The van der Waals surface area contributed by atoms with Gasteiger partial charge in [0.1, 0.15) is 5.82 Å². The number of primary amides is 1. The monoisotopic (exact) mass is 312 g/mol. The van der Waals surface area contributed by atoms with Crippen molar-refractivity contribution in [2.45, 2.75) is 12.5 Å². The Balaban J connectivity index is 1.76. The Morgan fingerprint density at radius 3 is 2.65 bits per heavy atom. The molecule has 4 N–H and O–H groups in total. The first-order valence-corrected chi connectivity index (χ1v) is 6.99. The van der Waals surface area contributed by atoms with Gasteiger partial charge in [-0.25, -0.2) is 4.98 Å². The number of carbonyl (C=O) groups is 1. The highest BCUT2D eigenvalue weighted by molar-refractivity contribution is 6.04. The van der Waals surface area contributed by atoms with Gasteiger partial charge in [-0.05, 0) is 23.8 Å². The number of anilines is 3. The average molecular weight is 312 g/mol. The normalized spacial score (nSPS) is 16.6. The van der Waals surface area contributed by atoms with Crippen molar-refractivity contribution in [1.82, 2.24) is 9.97 Å². The summed E-state index contributed by atoms with van der Waals surface area (Å²) in [6.45, 7) is 0. The van der Waals surface area contributed by atoms with E-state index in [0.29, 0.717) is 18.0 Å². The molecule has 1 aromatic carbocycles. The van der Waals surface area contributed by atoms with Gasteiger partial charge in [0.15, 0.2) is 0 Å². The summed E-state index contributed by atoms with van der Waals surface area (Å²) < 4.78 is 0. The summed E-state index contributed by atoms with van der Waals surface area (Å²) in [5, 5.41) is 3.92. The predicted molar refractivity (Wildman–Crippen MR) is 86.2 cm³/mol. The minimum absolute atomic E-state index is 0.223. The standard InChI is InChI=1S/C15H16N6O2/c1-21(13-6-7-18-15(17)19-13)10-4-2-9(3-5-10)11-8-12(14(16)22)23-20-11/h2-7,12H,8H2,1H3,(H2,16,22)(H2,17,18,19). The summed E-state index contributed by atoms with van der Waals surface area (Å²) in [6.07, 6.45) is 1.31. The number of oxime groups is 1. The number of amides is 1. The zero-order chi connectivity index (χ0) is 16.4. The molecule has 0 saturated heterocycles. The fourth-order valence-electron chi connectivity index (χ4n) is 2.26. The highest BCUT2D eigenvalue weighted by Gasteiger charge is 2.26. The Morgan fingerprint density at radius 2 is 2.04 bits per heavy atom. The van der Waals surface area contributed by atoms with Crippen LogP contribution in [0.3, 0.4) is 0 Å². The van der Waals surface area contributed by atoms with Gasteiger partial charge in [0.2, 0.25) is 12.1 Å². The van der Waals surface area contributed by atoms with Crippen LogP contribution >= 0.6 is 0 Å². The Kier molecular flexibility index (Phi) is 3.80. The number of hydrogen-bond acceptors (Lipinski definition) is 7. The molecule has 1 atom stereocenters. The number of benzene rings is 1. The molecular weight excluding hydrogens is 296 g/mol. The average Bonchev–Trinajstić information content (AvgIpc) is 3.04. The van der Waals surface area contributed by atoms with Crippen LogP contribution in [0.1, 0.15) is 12.0 Å². The van der Waals surface area contributed by atoms with Crippen LogP contribution in [0.15, 0.2) is 41.7 Å². The molecule has 1 unspecified atom stereocenters. The minimum Gasteiger partial charge on any atom is -0.382 e. The predicted octanol–water partition coefficient (Wildman–Crippen LogP) is 0.805. The van der Waals surface area contributed by atoms with E-state index in [1.807, 2.05) is 36.2 Å². The van der Waals surface area contributed by atoms with Crippen LogP contribution in [0, 0.1) is 0 Å². The molecule has 0 saturated carbocycles. The van der Waals surface area contributed by atoms with Gasteiger partial charge in [-0.15, -0.1) is 0 Å². The van der Waals surface area contributed by atoms with Crippen LogP contribution in [-0.4, -0.2) is 34.7 Å². The van der Waals surface area contributed by atoms with E-state index in [2.05, 4.69) is 15.1 Å². The summed E-state index contributed by atoms with van der Waals surface area (Å²) in [6, 6.07) is 9.43. The SMILES string of the molecule is CN(c1ccc(C2=NOC(C(N)=O)C2)cc1)c1ccnc(N)n1. The molecule has 1 aromatic heterocycles. The van der Waals surface area contributed by atoms with Gasteiger partial charge in [-0.2, -0.15) is 4.98 Å². The van der Waals surface area contributed by atoms with Crippen LogP contribution in [-0.2, 0) is 9.63 Å². The fraction of sp³-hybridized carbons (Fsp3) is 0.200. The third kappa shape index (κ3) is 3.05. The molecule has 0 aliphatic carbocycles. The lowest BCUT2D eigenvalue weighted by Crippen LogP contribution is -2.28. The lowest BCUT2D eigenvalue weighted by atomic mass is 10.0. The lowest BCUT2D eigenvalue weighted by molar-refractivity contribution is -0.127. The van der Waals surface area contributed by atoms with Gasteiger partial charge in [0, 0.05) is 25.4 Å². The van der Waals surface area contributed by atoms with Gasteiger partial charge in [-0.3, -0.25) is 4.79 Å². The molecule has 2 heterocycles. The van der Waals surface area contributed by atoms with Crippen LogP contribution in [0.2, 0.25) is 0 Å². The van der Waals surface area contributed by atoms with Crippen LogP contribution in [0.5, 0.6) is 0 Å². The molecule has 0 radical (unpaired) electrons. The highest BCUT2D eigenvalue weighted by Crippen LogP contribution is 2.24.